The van der Waals surface area contributed by atoms with Crippen LogP contribution in [0.5, 0.6) is 0 Å². The summed E-state index contributed by atoms with van der Waals surface area (Å²) in [6.45, 7) is 0.459. The molecule has 0 unspecified atom stereocenters. The van der Waals surface area contributed by atoms with E-state index >= 15 is 0 Å². The number of nitrogens with zero attached hydrogens (tertiary/aromatic N) is 2. The van der Waals surface area contributed by atoms with E-state index in [0.717, 1.165) is 20.0 Å². The average Bonchev–Trinajstić information content (AvgIpc) is 2.77. The number of aromatic nitrogens is 2. The molecule has 0 saturated heterocycles. The van der Waals surface area contributed by atoms with Crippen molar-refractivity contribution < 1.29 is 4.39 Å². The van der Waals surface area contributed by atoms with E-state index in [-0.39, 0.29) is 5.82 Å². The second-order valence-corrected chi connectivity index (χ2v) is 5.89. The van der Waals surface area contributed by atoms with Gasteiger partial charge in [0.25, 0.3) is 0 Å². The molecule has 1 aromatic heterocycles. The van der Waals surface area contributed by atoms with Gasteiger partial charge in [-0.2, -0.15) is 5.10 Å². The Morgan fingerprint density at radius 3 is 2.89 bits per heavy atom. The van der Waals surface area contributed by atoms with E-state index in [1.165, 1.54) is 12.1 Å². The Balaban J connectivity index is 2.05. The van der Waals surface area contributed by atoms with Crippen LogP contribution in [0.25, 0.3) is 10.9 Å². The standard InChI is InChI=1S/C14H9ClFIN2/c15-13-4-2-11(16)5-10(13)8-19-14-6-12(17)3-1-9(14)7-18-19/h1-7H,8H2. The first kappa shape index (κ1) is 12.9. The number of benzene rings is 2. The Bertz CT molecular complexity index is 754. The third-order valence-electron chi connectivity index (χ3n) is 2.93. The zero-order valence-electron chi connectivity index (χ0n) is 9.78. The normalized spacial score (nSPS) is 11.1. The lowest BCUT2D eigenvalue weighted by Gasteiger charge is -2.06. The van der Waals surface area contributed by atoms with Crippen molar-refractivity contribution in [3.05, 3.63) is 62.6 Å². The van der Waals surface area contributed by atoms with Crippen LogP contribution in [0, 0.1) is 9.39 Å². The summed E-state index contributed by atoms with van der Waals surface area (Å²) in [5.41, 5.74) is 1.75. The van der Waals surface area contributed by atoms with Crippen LogP contribution < -0.4 is 0 Å². The largest absolute Gasteiger partial charge is 0.260 e. The van der Waals surface area contributed by atoms with Crippen LogP contribution in [0.15, 0.2) is 42.6 Å². The molecule has 2 aromatic carbocycles. The first-order valence-electron chi connectivity index (χ1n) is 5.68. The lowest BCUT2D eigenvalue weighted by atomic mass is 10.2. The van der Waals surface area contributed by atoms with Crippen molar-refractivity contribution in [1.29, 1.82) is 0 Å². The third-order valence-corrected chi connectivity index (χ3v) is 3.97. The minimum atomic E-state index is -0.287. The molecule has 3 rings (SSSR count). The van der Waals surface area contributed by atoms with Crippen LogP contribution >= 0.6 is 34.2 Å². The molecule has 0 spiro atoms. The maximum Gasteiger partial charge on any atom is 0.123 e. The molecule has 0 saturated carbocycles. The highest BCUT2D eigenvalue weighted by atomic mass is 127. The number of hydrogen-bond acceptors (Lipinski definition) is 1. The minimum Gasteiger partial charge on any atom is -0.260 e. The van der Waals surface area contributed by atoms with E-state index in [9.17, 15) is 4.39 Å². The topological polar surface area (TPSA) is 17.8 Å². The Morgan fingerprint density at radius 2 is 2.05 bits per heavy atom. The van der Waals surface area contributed by atoms with Gasteiger partial charge in [0.1, 0.15) is 5.82 Å². The number of fused-ring (bicyclic) bond motifs is 1. The van der Waals surface area contributed by atoms with Crippen LogP contribution in [0.2, 0.25) is 5.02 Å². The number of halogens is 3. The highest BCUT2D eigenvalue weighted by Gasteiger charge is 2.07. The van der Waals surface area contributed by atoms with Crippen molar-refractivity contribution in [2.24, 2.45) is 0 Å². The molecule has 96 valence electrons. The van der Waals surface area contributed by atoms with Gasteiger partial charge in [0.2, 0.25) is 0 Å². The van der Waals surface area contributed by atoms with Gasteiger partial charge in [-0.05, 0) is 58.5 Å². The molecule has 0 aliphatic carbocycles. The van der Waals surface area contributed by atoms with Gasteiger partial charge >= 0.3 is 0 Å². The molecule has 0 amide bonds. The molecule has 0 aliphatic rings. The second kappa shape index (κ2) is 5.09. The van der Waals surface area contributed by atoms with Crippen molar-refractivity contribution in [1.82, 2.24) is 9.78 Å². The average molecular weight is 387 g/mol. The van der Waals surface area contributed by atoms with E-state index in [4.69, 9.17) is 11.6 Å². The zero-order chi connectivity index (χ0) is 13.4. The number of rotatable bonds is 2. The van der Waals surface area contributed by atoms with Gasteiger partial charge in [0, 0.05) is 14.0 Å². The van der Waals surface area contributed by atoms with Crippen molar-refractivity contribution in [2.45, 2.75) is 6.54 Å². The van der Waals surface area contributed by atoms with E-state index in [0.29, 0.717) is 11.6 Å². The molecular formula is C14H9ClFIN2. The Kier molecular flexibility index (Phi) is 3.45. The zero-order valence-corrected chi connectivity index (χ0v) is 12.7. The summed E-state index contributed by atoms with van der Waals surface area (Å²) in [4.78, 5) is 0. The molecule has 0 bridgehead atoms. The highest BCUT2D eigenvalue weighted by Crippen LogP contribution is 2.22. The smallest absolute Gasteiger partial charge is 0.123 e. The quantitative estimate of drug-likeness (QED) is 0.594. The molecule has 1 heterocycles. The SMILES string of the molecule is Fc1ccc(Cl)c(Cn2ncc3ccc(I)cc32)c1. The van der Waals surface area contributed by atoms with Crippen LogP contribution in [-0.4, -0.2) is 9.78 Å². The fourth-order valence-electron chi connectivity index (χ4n) is 2.00. The minimum absolute atomic E-state index is 0.287. The summed E-state index contributed by atoms with van der Waals surface area (Å²) in [5.74, 6) is -0.287. The Labute approximate surface area is 128 Å². The molecule has 0 aliphatic heterocycles. The molecule has 3 aromatic rings. The van der Waals surface area contributed by atoms with Gasteiger partial charge in [-0.15, -0.1) is 0 Å². The molecule has 19 heavy (non-hydrogen) atoms. The van der Waals surface area contributed by atoms with Crippen molar-refractivity contribution >= 4 is 45.1 Å². The lowest BCUT2D eigenvalue weighted by Crippen LogP contribution is -2.02. The third kappa shape index (κ3) is 2.60. The molecule has 0 N–H and O–H groups in total. The summed E-state index contributed by atoms with van der Waals surface area (Å²) in [7, 11) is 0. The van der Waals surface area contributed by atoms with Gasteiger partial charge in [-0.25, -0.2) is 4.39 Å². The highest BCUT2D eigenvalue weighted by molar-refractivity contribution is 14.1. The van der Waals surface area contributed by atoms with Crippen LogP contribution in [0.4, 0.5) is 4.39 Å². The number of hydrogen-bond donors (Lipinski definition) is 0. The van der Waals surface area contributed by atoms with Crippen LogP contribution in [0.3, 0.4) is 0 Å². The van der Waals surface area contributed by atoms with E-state index in [1.54, 1.807) is 12.3 Å². The molecule has 5 heteroatoms. The fourth-order valence-corrected chi connectivity index (χ4v) is 2.65. The monoisotopic (exact) mass is 386 g/mol. The van der Waals surface area contributed by atoms with E-state index in [2.05, 4.69) is 33.8 Å². The van der Waals surface area contributed by atoms with Gasteiger partial charge in [0.15, 0.2) is 0 Å². The van der Waals surface area contributed by atoms with Crippen molar-refractivity contribution in [2.75, 3.05) is 0 Å². The van der Waals surface area contributed by atoms with Crippen LogP contribution in [-0.2, 0) is 6.54 Å². The fraction of sp³-hybridized carbons (Fsp3) is 0.0714. The predicted molar refractivity (Wildman–Crippen MR) is 83.0 cm³/mol. The van der Waals surface area contributed by atoms with Gasteiger partial charge in [-0.1, -0.05) is 17.7 Å². The summed E-state index contributed by atoms with van der Waals surface area (Å²) >= 11 is 8.34. The van der Waals surface area contributed by atoms with Crippen molar-refractivity contribution in [3.63, 3.8) is 0 Å². The first-order valence-corrected chi connectivity index (χ1v) is 7.14. The molecule has 2 nitrogen and oxygen atoms in total. The Hall–Kier alpha value is -1.14. The molecule has 0 fully saturated rings. The predicted octanol–water partition coefficient (Wildman–Crippen LogP) is 4.48. The lowest BCUT2D eigenvalue weighted by molar-refractivity contribution is 0.621. The summed E-state index contributed by atoms with van der Waals surface area (Å²) in [6, 6.07) is 10.5. The van der Waals surface area contributed by atoms with Crippen LogP contribution in [0.1, 0.15) is 5.56 Å². The summed E-state index contributed by atoms with van der Waals surface area (Å²) < 4.78 is 16.2. The van der Waals surface area contributed by atoms with E-state index < -0.39 is 0 Å². The summed E-state index contributed by atoms with van der Waals surface area (Å²) in [6.07, 6.45) is 1.80. The molecular weight excluding hydrogens is 378 g/mol. The van der Waals surface area contributed by atoms with Gasteiger partial charge in [0.05, 0.1) is 18.3 Å². The Morgan fingerprint density at radius 1 is 1.21 bits per heavy atom. The van der Waals surface area contributed by atoms with E-state index in [1.807, 2.05) is 16.8 Å². The summed E-state index contributed by atoms with van der Waals surface area (Å²) in [5, 5.41) is 5.95. The second-order valence-electron chi connectivity index (χ2n) is 4.24. The van der Waals surface area contributed by atoms with Crippen molar-refractivity contribution in [3.8, 4) is 0 Å². The van der Waals surface area contributed by atoms with Gasteiger partial charge in [-0.3, -0.25) is 4.68 Å². The first-order chi connectivity index (χ1) is 9.13. The van der Waals surface area contributed by atoms with Gasteiger partial charge < -0.3 is 0 Å². The maximum atomic E-state index is 13.3. The maximum absolute atomic E-state index is 13.3. The molecule has 0 radical (unpaired) electrons. The molecule has 0 atom stereocenters.